The number of benzene rings is 1. The largest absolute Gasteiger partial charge is 0.356 e. The molecule has 2 rings (SSSR count). The van der Waals surface area contributed by atoms with Gasteiger partial charge in [0.05, 0.1) is 12.2 Å². The van der Waals surface area contributed by atoms with Gasteiger partial charge in [0, 0.05) is 24.7 Å². The summed E-state index contributed by atoms with van der Waals surface area (Å²) in [5.41, 5.74) is 1.07. The van der Waals surface area contributed by atoms with Crippen molar-refractivity contribution in [3.63, 3.8) is 0 Å². The van der Waals surface area contributed by atoms with E-state index >= 15 is 0 Å². The average molecular weight is 359 g/mol. The Morgan fingerprint density at radius 2 is 2.13 bits per heavy atom. The fourth-order valence-corrected chi connectivity index (χ4v) is 3.94. The summed E-state index contributed by atoms with van der Waals surface area (Å²) in [7, 11) is -3.22. The lowest BCUT2D eigenvalue weighted by Gasteiger charge is -2.30. The molecule has 0 spiro atoms. The molecule has 1 aliphatic heterocycles. The molecule has 128 valence electrons. The minimum Gasteiger partial charge on any atom is -0.356 e. The normalized spacial score (nSPS) is 19.5. The number of sulfonamides is 1. The number of nitrogens with one attached hydrogen (secondary N) is 1. The lowest BCUT2D eigenvalue weighted by Crippen LogP contribution is -2.45. The minimum absolute atomic E-state index is 0.0579. The Kier molecular flexibility index (Phi) is 6.44. The summed E-state index contributed by atoms with van der Waals surface area (Å²) in [5, 5.41) is 3.66. The van der Waals surface area contributed by atoms with Gasteiger partial charge in [-0.25, -0.2) is 12.7 Å². The van der Waals surface area contributed by atoms with Crippen molar-refractivity contribution in [2.75, 3.05) is 25.9 Å². The highest BCUT2D eigenvalue weighted by Gasteiger charge is 2.29. The monoisotopic (exact) mass is 358 g/mol. The molecule has 0 unspecified atom stereocenters. The van der Waals surface area contributed by atoms with Crippen LogP contribution in [0.25, 0.3) is 0 Å². The van der Waals surface area contributed by atoms with Crippen LogP contribution in [0.2, 0.25) is 5.02 Å². The fraction of sp³-hybridized carbons (Fsp3) is 0.562. The van der Waals surface area contributed by atoms with Crippen molar-refractivity contribution in [2.45, 2.75) is 25.7 Å². The second kappa shape index (κ2) is 8.13. The van der Waals surface area contributed by atoms with Crippen LogP contribution >= 0.6 is 11.6 Å². The van der Waals surface area contributed by atoms with Crippen LogP contribution in [0, 0.1) is 5.92 Å². The van der Waals surface area contributed by atoms with Gasteiger partial charge in [-0.3, -0.25) is 4.79 Å². The zero-order chi connectivity index (χ0) is 16.9. The molecule has 1 amide bonds. The van der Waals surface area contributed by atoms with Crippen LogP contribution in [0.1, 0.15) is 24.8 Å². The van der Waals surface area contributed by atoms with E-state index in [0.717, 1.165) is 36.3 Å². The third kappa shape index (κ3) is 5.48. The maximum atomic E-state index is 12.2. The van der Waals surface area contributed by atoms with Gasteiger partial charge in [0.2, 0.25) is 15.9 Å². The highest BCUT2D eigenvalue weighted by atomic mass is 35.5. The second-order valence-corrected chi connectivity index (χ2v) is 8.34. The Balaban J connectivity index is 1.75. The van der Waals surface area contributed by atoms with Gasteiger partial charge in [-0.05, 0) is 37.3 Å². The van der Waals surface area contributed by atoms with E-state index in [1.54, 1.807) is 0 Å². The molecule has 7 heteroatoms. The second-order valence-electron chi connectivity index (χ2n) is 5.95. The van der Waals surface area contributed by atoms with Gasteiger partial charge in [-0.2, -0.15) is 0 Å². The van der Waals surface area contributed by atoms with Crippen molar-refractivity contribution < 1.29 is 13.2 Å². The Morgan fingerprint density at radius 1 is 1.39 bits per heavy atom. The fourth-order valence-electron chi connectivity index (χ4n) is 2.79. The zero-order valence-corrected chi connectivity index (χ0v) is 14.9. The van der Waals surface area contributed by atoms with E-state index in [1.165, 1.54) is 10.6 Å². The van der Waals surface area contributed by atoms with E-state index in [4.69, 9.17) is 11.6 Å². The lowest BCUT2D eigenvalue weighted by atomic mass is 9.99. The average Bonchev–Trinajstić information content (AvgIpc) is 2.52. The number of hydrogen-bond acceptors (Lipinski definition) is 3. The van der Waals surface area contributed by atoms with Crippen LogP contribution in [0.15, 0.2) is 24.3 Å². The summed E-state index contributed by atoms with van der Waals surface area (Å²) < 4.78 is 24.6. The molecule has 5 nitrogen and oxygen atoms in total. The number of hydrogen-bond donors (Lipinski definition) is 1. The Labute approximate surface area is 143 Å². The third-order valence-corrected chi connectivity index (χ3v) is 5.74. The number of carbonyl (C=O) groups excluding carboxylic acids is 1. The molecule has 0 aliphatic carbocycles. The Bertz CT molecular complexity index is 648. The number of nitrogens with zero attached hydrogens (tertiary/aromatic N) is 1. The Hall–Kier alpha value is -1.11. The minimum atomic E-state index is -3.22. The number of piperidine rings is 1. The summed E-state index contributed by atoms with van der Waals surface area (Å²) in [6.45, 7) is 1.36. The van der Waals surface area contributed by atoms with Gasteiger partial charge in [0.25, 0.3) is 0 Å². The van der Waals surface area contributed by atoms with E-state index < -0.39 is 10.0 Å². The van der Waals surface area contributed by atoms with Crippen LogP contribution < -0.4 is 5.32 Å². The predicted octanol–water partition coefficient (Wildman–Crippen LogP) is 2.06. The molecule has 0 bridgehead atoms. The van der Waals surface area contributed by atoms with Gasteiger partial charge < -0.3 is 5.32 Å². The molecule has 1 fully saturated rings. The first kappa shape index (κ1) is 18.2. The molecule has 0 aromatic heterocycles. The first-order valence-electron chi connectivity index (χ1n) is 7.84. The summed E-state index contributed by atoms with van der Waals surface area (Å²) in [6, 6.07) is 7.68. The SMILES string of the molecule is CS(=O)(=O)N1CCC[C@@H](C(=O)NCCCc2ccccc2Cl)C1. The molecule has 23 heavy (non-hydrogen) atoms. The summed E-state index contributed by atoms with van der Waals surface area (Å²) in [4.78, 5) is 12.2. The first-order valence-corrected chi connectivity index (χ1v) is 10.1. The topological polar surface area (TPSA) is 66.5 Å². The van der Waals surface area contributed by atoms with Crippen LogP contribution in [-0.4, -0.2) is 44.5 Å². The van der Waals surface area contributed by atoms with Crippen LogP contribution in [-0.2, 0) is 21.2 Å². The van der Waals surface area contributed by atoms with Crippen molar-refractivity contribution in [1.82, 2.24) is 9.62 Å². The third-order valence-electron chi connectivity index (χ3n) is 4.10. The zero-order valence-electron chi connectivity index (χ0n) is 13.3. The smallest absolute Gasteiger partial charge is 0.224 e. The van der Waals surface area contributed by atoms with Crippen LogP contribution in [0.3, 0.4) is 0 Å². The van der Waals surface area contributed by atoms with Gasteiger partial charge >= 0.3 is 0 Å². The first-order chi connectivity index (χ1) is 10.9. The molecule has 1 heterocycles. The molecule has 1 aliphatic rings. The highest BCUT2D eigenvalue weighted by molar-refractivity contribution is 7.88. The summed E-state index contributed by atoms with van der Waals surface area (Å²) in [6.07, 6.45) is 4.27. The van der Waals surface area contributed by atoms with Gasteiger partial charge in [-0.15, -0.1) is 0 Å². The van der Waals surface area contributed by atoms with Crippen LogP contribution in [0.5, 0.6) is 0 Å². The predicted molar refractivity (Wildman–Crippen MR) is 91.9 cm³/mol. The molecule has 1 aromatic rings. The van der Waals surface area contributed by atoms with Crippen molar-refractivity contribution in [3.05, 3.63) is 34.9 Å². The van der Waals surface area contributed by atoms with Crippen molar-refractivity contribution in [2.24, 2.45) is 5.92 Å². The van der Waals surface area contributed by atoms with Crippen molar-refractivity contribution in [1.29, 1.82) is 0 Å². The number of aryl methyl sites for hydroxylation is 1. The quantitative estimate of drug-likeness (QED) is 0.791. The molecule has 1 saturated heterocycles. The lowest BCUT2D eigenvalue weighted by molar-refractivity contribution is -0.126. The van der Waals surface area contributed by atoms with E-state index in [2.05, 4.69) is 5.32 Å². The molecular formula is C16H23ClN2O3S. The van der Waals surface area contributed by atoms with E-state index in [9.17, 15) is 13.2 Å². The van der Waals surface area contributed by atoms with Gasteiger partial charge in [0.1, 0.15) is 0 Å². The van der Waals surface area contributed by atoms with Crippen molar-refractivity contribution >= 4 is 27.5 Å². The molecule has 0 radical (unpaired) electrons. The van der Waals surface area contributed by atoms with E-state index in [1.807, 2.05) is 24.3 Å². The maximum absolute atomic E-state index is 12.2. The summed E-state index contributed by atoms with van der Waals surface area (Å²) >= 11 is 6.10. The van der Waals surface area contributed by atoms with Crippen LogP contribution in [0.4, 0.5) is 0 Å². The molecular weight excluding hydrogens is 336 g/mol. The Morgan fingerprint density at radius 3 is 2.83 bits per heavy atom. The van der Waals surface area contributed by atoms with E-state index in [0.29, 0.717) is 13.1 Å². The van der Waals surface area contributed by atoms with E-state index in [-0.39, 0.29) is 18.4 Å². The summed E-state index contributed by atoms with van der Waals surface area (Å²) in [5.74, 6) is -0.309. The molecule has 1 aromatic carbocycles. The molecule has 0 saturated carbocycles. The number of halogens is 1. The van der Waals surface area contributed by atoms with Crippen molar-refractivity contribution in [3.8, 4) is 0 Å². The molecule has 1 N–H and O–H groups in total. The number of carbonyl (C=O) groups is 1. The molecule has 1 atom stereocenters. The number of amides is 1. The maximum Gasteiger partial charge on any atom is 0.224 e. The number of rotatable bonds is 6. The van der Waals surface area contributed by atoms with Gasteiger partial charge in [0.15, 0.2) is 0 Å². The standard InChI is InChI=1S/C16H23ClN2O3S/c1-23(21,22)19-11-5-8-14(12-19)16(20)18-10-4-7-13-6-2-3-9-15(13)17/h2-3,6,9,14H,4-5,7-8,10-12H2,1H3,(H,18,20)/t14-/m1/s1. The highest BCUT2D eigenvalue weighted by Crippen LogP contribution is 2.19. The van der Waals surface area contributed by atoms with Gasteiger partial charge in [-0.1, -0.05) is 29.8 Å².